The number of aromatic nitrogens is 1. The molecule has 13 heavy (non-hydrogen) atoms. The third-order valence-corrected chi connectivity index (χ3v) is 2.51. The summed E-state index contributed by atoms with van der Waals surface area (Å²) in [5.74, 6) is 0. The van der Waals surface area contributed by atoms with Crippen LogP contribution in [0.15, 0.2) is 5.38 Å². The molecular weight excluding hydrogens is 208 g/mol. The first kappa shape index (κ1) is 10.8. The van der Waals surface area contributed by atoms with Gasteiger partial charge in [-0.25, -0.2) is 4.98 Å². The normalized spacial score (nSPS) is 11.7. The van der Waals surface area contributed by atoms with E-state index in [0.29, 0.717) is 11.8 Å². The lowest BCUT2D eigenvalue weighted by atomic mass is 10.1. The van der Waals surface area contributed by atoms with Crippen LogP contribution < -0.4 is 5.32 Å². The number of hydrogen-bond acceptors (Lipinski definition) is 4. The van der Waals surface area contributed by atoms with Crippen molar-refractivity contribution in [1.29, 1.82) is 0 Å². The molecule has 3 nitrogen and oxygen atoms in total. The molecule has 1 N–H and O–H groups in total. The molecule has 0 aliphatic rings. The minimum Gasteiger partial charge on any atom is -0.382 e. The van der Waals surface area contributed by atoms with Gasteiger partial charge in [0, 0.05) is 12.5 Å². The van der Waals surface area contributed by atoms with Gasteiger partial charge in [-0.2, -0.15) is 0 Å². The van der Waals surface area contributed by atoms with E-state index in [4.69, 9.17) is 16.3 Å². The van der Waals surface area contributed by atoms with Crippen LogP contribution in [0.2, 0.25) is 5.15 Å². The Balaban J connectivity index is 2.57. The van der Waals surface area contributed by atoms with E-state index >= 15 is 0 Å². The maximum Gasteiger partial charge on any atom is 0.184 e. The van der Waals surface area contributed by atoms with Gasteiger partial charge in [-0.15, -0.1) is 11.3 Å². The van der Waals surface area contributed by atoms with Crippen molar-refractivity contribution in [3.8, 4) is 0 Å². The van der Waals surface area contributed by atoms with Gasteiger partial charge < -0.3 is 10.1 Å². The van der Waals surface area contributed by atoms with Gasteiger partial charge in [0.15, 0.2) is 5.13 Å². The molecule has 0 aliphatic heterocycles. The number of methoxy groups -OCH3 is 1. The van der Waals surface area contributed by atoms with Gasteiger partial charge in [0.25, 0.3) is 0 Å². The molecule has 0 radical (unpaired) electrons. The first-order valence-electron chi connectivity index (χ1n) is 3.92. The largest absolute Gasteiger partial charge is 0.382 e. The van der Waals surface area contributed by atoms with Gasteiger partial charge in [-0.1, -0.05) is 11.6 Å². The molecule has 0 bridgehead atoms. The average molecular weight is 221 g/mol. The van der Waals surface area contributed by atoms with Crippen LogP contribution in [0.4, 0.5) is 5.13 Å². The smallest absolute Gasteiger partial charge is 0.184 e. The lowest BCUT2D eigenvalue weighted by Gasteiger charge is -2.24. The van der Waals surface area contributed by atoms with Gasteiger partial charge in [-0.05, 0) is 13.8 Å². The summed E-state index contributed by atoms with van der Waals surface area (Å²) < 4.78 is 5.07. The summed E-state index contributed by atoms with van der Waals surface area (Å²) in [5, 5.41) is 6.39. The standard InChI is InChI=1S/C8H13ClN2OS/c1-8(2,5-12-3)11-7-10-6(9)4-13-7/h4H,5H2,1-3H3,(H,10,11). The van der Waals surface area contributed by atoms with Crippen molar-refractivity contribution in [2.45, 2.75) is 19.4 Å². The molecule has 0 unspecified atom stereocenters. The lowest BCUT2D eigenvalue weighted by molar-refractivity contribution is 0.158. The molecule has 1 aromatic heterocycles. The van der Waals surface area contributed by atoms with Crippen LogP contribution in [0.3, 0.4) is 0 Å². The average Bonchev–Trinajstić information content (AvgIpc) is 2.34. The highest BCUT2D eigenvalue weighted by molar-refractivity contribution is 7.14. The Hall–Kier alpha value is -0.320. The van der Waals surface area contributed by atoms with Crippen LogP contribution in [-0.2, 0) is 4.74 Å². The molecule has 1 heterocycles. The number of hydrogen-bond donors (Lipinski definition) is 1. The molecule has 5 heteroatoms. The summed E-state index contributed by atoms with van der Waals surface area (Å²) >= 11 is 7.19. The molecule has 74 valence electrons. The van der Waals surface area contributed by atoms with E-state index in [1.807, 2.05) is 13.8 Å². The zero-order chi connectivity index (χ0) is 9.90. The van der Waals surface area contributed by atoms with Crippen LogP contribution in [0.25, 0.3) is 0 Å². The molecule has 0 saturated carbocycles. The topological polar surface area (TPSA) is 34.1 Å². The number of thiazole rings is 1. The summed E-state index contributed by atoms with van der Waals surface area (Å²) in [7, 11) is 1.68. The molecular formula is C8H13ClN2OS. The molecule has 0 fully saturated rings. The minimum atomic E-state index is -0.115. The first-order chi connectivity index (χ1) is 6.03. The predicted molar refractivity (Wildman–Crippen MR) is 56.7 cm³/mol. The Morgan fingerprint density at radius 2 is 2.38 bits per heavy atom. The van der Waals surface area contributed by atoms with Crippen molar-refractivity contribution < 1.29 is 4.74 Å². The maximum atomic E-state index is 5.69. The van der Waals surface area contributed by atoms with Gasteiger partial charge in [0.1, 0.15) is 5.15 Å². The lowest BCUT2D eigenvalue weighted by Crippen LogP contribution is -2.35. The number of anilines is 1. The molecule has 0 atom stereocenters. The van der Waals surface area contributed by atoms with Gasteiger partial charge in [0.2, 0.25) is 0 Å². The Kier molecular flexibility index (Phi) is 3.53. The van der Waals surface area contributed by atoms with E-state index in [-0.39, 0.29) is 5.54 Å². The van der Waals surface area contributed by atoms with Gasteiger partial charge in [-0.3, -0.25) is 0 Å². The van der Waals surface area contributed by atoms with Crippen molar-refractivity contribution in [3.05, 3.63) is 10.5 Å². The Morgan fingerprint density at radius 3 is 2.85 bits per heavy atom. The second kappa shape index (κ2) is 4.26. The predicted octanol–water partition coefficient (Wildman–Crippen LogP) is 2.63. The zero-order valence-electron chi connectivity index (χ0n) is 7.93. The number of rotatable bonds is 4. The number of ether oxygens (including phenoxy) is 1. The number of nitrogens with zero attached hydrogens (tertiary/aromatic N) is 1. The highest BCUT2D eigenvalue weighted by Gasteiger charge is 2.18. The van der Waals surface area contributed by atoms with Crippen LogP contribution in [-0.4, -0.2) is 24.2 Å². The molecule has 0 saturated heterocycles. The van der Waals surface area contributed by atoms with E-state index in [1.165, 1.54) is 11.3 Å². The molecule has 1 aromatic rings. The van der Waals surface area contributed by atoms with E-state index in [2.05, 4.69) is 10.3 Å². The molecule has 0 spiro atoms. The summed E-state index contributed by atoms with van der Waals surface area (Å²) in [6, 6.07) is 0. The molecule has 0 amide bonds. The van der Waals surface area contributed by atoms with Crippen LogP contribution in [0.1, 0.15) is 13.8 Å². The molecule has 1 rings (SSSR count). The van der Waals surface area contributed by atoms with Crippen molar-refractivity contribution >= 4 is 28.1 Å². The minimum absolute atomic E-state index is 0.115. The number of halogens is 1. The second-order valence-electron chi connectivity index (χ2n) is 3.42. The van der Waals surface area contributed by atoms with Crippen molar-refractivity contribution in [1.82, 2.24) is 4.98 Å². The fraction of sp³-hybridized carbons (Fsp3) is 0.625. The summed E-state index contributed by atoms with van der Waals surface area (Å²) in [6.45, 7) is 4.72. The first-order valence-corrected chi connectivity index (χ1v) is 5.17. The SMILES string of the molecule is COCC(C)(C)Nc1nc(Cl)cs1. The van der Waals surface area contributed by atoms with Gasteiger partial charge >= 0.3 is 0 Å². The second-order valence-corrected chi connectivity index (χ2v) is 4.66. The summed E-state index contributed by atoms with van der Waals surface area (Å²) in [4.78, 5) is 4.10. The van der Waals surface area contributed by atoms with Crippen molar-refractivity contribution in [2.75, 3.05) is 19.0 Å². The van der Waals surface area contributed by atoms with Crippen LogP contribution >= 0.6 is 22.9 Å². The van der Waals surface area contributed by atoms with E-state index in [0.717, 1.165) is 5.13 Å². The molecule has 0 aliphatic carbocycles. The van der Waals surface area contributed by atoms with E-state index in [9.17, 15) is 0 Å². The number of nitrogens with one attached hydrogen (secondary N) is 1. The molecule has 0 aromatic carbocycles. The van der Waals surface area contributed by atoms with Gasteiger partial charge in [0.05, 0.1) is 12.1 Å². The Bertz CT molecular complexity index is 275. The van der Waals surface area contributed by atoms with Crippen LogP contribution in [0, 0.1) is 0 Å². The fourth-order valence-corrected chi connectivity index (χ4v) is 2.01. The third-order valence-electron chi connectivity index (χ3n) is 1.43. The summed E-state index contributed by atoms with van der Waals surface area (Å²) in [6.07, 6.45) is 0. The van der Waals surface area contributed by atoms with E-state index < -0.39 is 0 Å². The quantitative estimate of drug-likeness (QED) is 0.847. The van der Waals surface area contributed by atoms with Crippen LogP contribution in [0.5, 0.6) is 0 Å². The highest BCUT2D eigenvalue weighted by Crippen LogP contribution is 2.22. The third kappa shape index (κ3) is 3.50. The van der Waals surface area contributed by atoms with Crippen molar-refractivity contribution in [3.63, 3.8) is 0 Å². The Labute approximate surface area is 87.1 Å². The monoisotopic (exact) mass is 220 g/mol. The van der Waals surface area contributed by atoms with Crippen molar-refractivity contribution in [2.24, 2.45) is 0 Å². The fourth-order valence-electron chi connectivity index (χ4n) is 0.998. The summed E-state index contributed by atoms with van der Waals surface area (Å²) in [5.41, 5.74) is -0.115. The van der Waals surface area contributed by atoms with E-state index in [1.54, 1.807) is 12.5 Å². The maximum absolute atomic E-state index is 5.69. The highest BCUT2D eigenvalue weighted by atomic mass is 35.5. The Morgan fingerprint density at radius 1 is 1.69 bits per heavy atom. The zero-order valence-corrected chi connectivity index (χ0v) is 9.50.